The molecule has 2 atom stereocenters. The van der Waals surface area contributed by atoms with Crippen molar-refractivity contribution >= 4 is 0 Å². The van der Waals surface area contributed by atoms with E-state index in [-0.39, 0.29) is 0 Å². The first kappa shape index (κ1) is 10.4. The van der Waals surface area contributed by atoms with E-state index in [1.54, 1.807) is 0 Å². The standard InChI is InChI=1S/C11H23N3/c1-2-13-5-4-11(9-13)14-6-3-10(7-12)8-14/h10-11H,2-9,12H2,1H3. The number of likely N-dealkylation sites (tertiary alicyclic amines) is 2. The molecular weight excluding hydrogens is 174 g/mol. The maximum Gasteiger partial charge on any atom is 0.0235 e. The smallest absolute Gasteiger partial charge is 0.0235 e. The van der Waals surface area contributed by atoms with E-state index in [2.05, 4.69) is 16.7 Å². The highest BCUT2D eigenvalue weighted by atomic mass is 15.3. The summed E-state index contributed by atoms with van der Waals surface area (Å²) in [7, 11) is 0. The second kappa shape index (κ2) is 4.60. The minimum absolute atomic E-state index is 0.769. The number of rotatable bonds is 3. The van der Waals surface area contributed by atoms with Crippen LogP contribution in [0.1, 0.15) is 19.8 Å². The molecule has 2 unspecified atom stereocenters. The molecule has 2 rings (SSSR count). The Hall–Kier alpha value is -0.120. The fraction of sp³-hybridized carbons (Fsp3) is 1.00. The van der Waals surface area contributed by atoms with Gasteiger partial charge in [0.25, 0.3) is 0 Å². The normalized spacial score (nSPS) is 35.6. The molecule has 2 aliphatic rings. The molecule has 0 aliphatic carbocycles. The summed E-state index contributed by atoms with van der Waals surface area (Å²) in [4.78, 5) is 5.22. The topological polar surface area (TPSA) is 32.5 Å². The van der Waals surface area contributed by atoms with Gasteiger partial charge in [0.05, 0.1) is 0 Å². The molecule has 2 saturated heterocycles. The Labute approximate surface area is 87.2 Å². The predicted octanol–water partition coefficient (Wildman–Crippen LogP) is 0.361. The maximum absolute atomic E-state index is 5.71. The summed E-state index contributed by atoms with van der Waals surface area (Å²) < 4.78 is 0. The van der Waals surface area contributed by atoms with Gasteiger partial charge in [0.1, 0.15) is 0 Å². The second-order valence-electron chi connectivity index (χ2n) is 4.72. The second-order valence-corrected chi connectivity index (χ2v) is 4.72. The SMILES string of the molecule is CCN1CCC(N2CCC(CN)C2)C1. The van der Waals surface area contributed by atoms with Gasteiger partial charge in [0.15, 0.2) is 0 Å². The van der Waals surface area contributed by atoms with Gasteiger partial charge in [-0.3, -0.25) is 4.90 Å². The maximum atomic E-state index is 5.71. The van der Waals surface area contributed by atoms with Crippen LogP contribution in [-0.4, -0.2) is 55.1 Å². The van der Waals surface area contributed by atoms with Gasteiger partial charge in [-0.25, -0.2) is 0 Å². The van der Waals surface area contributed by atoms with Crippen LogP contribution in [0.2, 0.25) is 0 Å². The molecule has 0 saturated carbocycles. The van der Waals surface area contributed by atoms with Gasteiger partial charge in [-0.2, -0.15) is 0 Å². The summed E-state index contributed by atoms with van der Waals surface area (Å²) in [6, 6.07) is 0.825. The molecule has 3 heteroatoms. The molecule has 0 radical (unpaired) electrons. The zero-order valence-corrected chi connectivity index (χ0v) is 9.28. The van der Waals surface area contributed by atoms with Crippen molar-refractivity contribution in [2.24, 2.45) is 11.7 Å². The largest absolute Gasteiger partial charge is 0.330 e. The number of nitrogens with zero attached hydrogens (tertiary/aromatic N) is 2. The highest BCUT2D eigenvalue weighted by Crippen LogP contribution is 2.22. The first-order chi connectivity index (χ1) is 6.83. The van der Waals surface area contributed by atoms with Crippen LogP contribution in [0.25, 0.3) is 0 Å². The van der Waals surface area contributed by atoms with E-state index in [0.717, 1.165) is 18.5 Å². The van der Waals surface area contributed by atoms with E-state index in [9.17, 15) is 0 Å². The lowest BCUT2D eigenvalue weighted by Gasteiger charge is -2.24. The third-order valence-electron chi connectivity index (χ3n) is 3.86. The van der Waals surface area contributed by atoms with Crippen LogP contribution in [0.15, 0.2) is 0 Å². The van der Waals surface area contributed by atoms with Crippen LogP contribution in [0, 0.1) is 5.92 Å². The molecule has 2 fully saturated rings. The molecule has 0 aromatic rings. The lowest BCUT2D eigenvalue weighted by molar-refractivity contribution is 0.228. The molecule has 0 spiro atoms. The summed E-state index contributed by atoms with van der Waals surface area (Å²) in [5, 5.41) is 0. The van der Waals surface area contributed by atoms with E-state index in [4.69, 9.17) is 5.73 Å². The Balaban J connectivity index is 1.80. The van der Waals surface area contributed by atoms with Crippen LogP contribution >= 0.6 is 0 Å². The van der Waals surface area contributed by atoms with Crippen LogP contribution in [0.4, 0.5) is 0 Å². The van der Waals surface area contributed by atoms with E-state index in [0.29, 0.717) is 0 Å². The van der Waals surface area contributed by atoms with E-state index >= 15 is 0 Å². The molecule has 82 valence electrons. The van der Waals surface area contributed by atoms with Crippen molar-refractivity contribution in [1.29, 1.82) is 0 Å². The molecule has 0 amide bonds. The zero-order valence-electron chi connectivity index (χ0n) is 9.28. The van der Waals surface area contributed by atoms with Gasteiger partial charge >= 0.3 is 0 Å². The van der Waals surface area contributed by atoms with Gasteiger partial charge in [-0.1, -0.05) is 6.92 Å². The van der Waals surface area contributed by atoms with E-state index < -0.39 is 0 Å². The molecule has 14 heavy (non-hydrogen) atoms. The van der Waals surface area contributed by atoms with E-state index in [1.165, 1.54) is 45.6 Å². The minimum atomic E-state index is 0.769. The highest BCUT2D eigenvalue weighted by Gasteiger charge is 2.31. The fourth-order valence-electron chi connectivity index (χ4n) is 2.78. The van der Waals surface area contributed by atoms with Crippen molar-refractivity contribution in [3.63, 3.8) is 0 Å². The Kier molecular flexibility index (Phi) is 3.42. The zero-order chi connectivity index (χ0) is 9.97. The van der Waals surface area contributed by atoms with Crippen molar-refractivity contribution < 1.29 is 0 Å². The van der Waals surface area contributed by atoms with Gasteiger partial charge < -0.3 is 10.6 Å². The molecule has 0 aromatic carbocycles. The van der Waals surface area contributed by atoms with Gasteiger partial charge in [-0.05, 0) is 44.9 Å². The highest BCUT2D eigenvalue weighted by molar-refractivity contribution is 4.87. The number of hydrogen-bond acceptors (Lipinski definition) is 3. The van der Waals surface area contributed by atoms with Crippen LogP contribution in [0.3, 0.4) is 0 Å². The molecule has 3 nitrogen and oxygen atoms in total. The first-order valence-corrected chi connectivity index (χ1v) is 6.00. The van der Waals surface area contributed by atoms with Crippen molar-refractivity contribution in [1.82, 2.24) is 9.80 Å². The van der Waals surface area contributed by atoms with Crippen LogP contribution in [0.5, 0.6) is 0 Å². The molecule has 2 heterocycles. The summed E-state index contributed by atoms with van der Waals surface area (Å²) in [6.07, 6.45) is 2.68. The lowest BCUT2D eigenvalue weighted by Crippen LogP contribution is -2.36. The molecule has 2 N–H and O–H groups in total. The van der Waals surface area contributed by atoms with Gasteiger partial charge in [0, 0.05) is 19.1 Å². The number of hydrogen-bond donors (Lipinski definition) is 1. The average molecular weight is 197 g/mol. The Morgan fingerprint density at radius 2 is 2.07 bits per heavy atom. The predicted molar refractivity (Wildman–Crippen MR) is 59.3 cm³/mol. The molecular formula is C11H23N3. The van der Waals surface area contributed by atoms with Crippen molar-refractivity contribution in [2.75, 3.05) is 39.3 Å². The van der Waals surface area contributed by atoms with Crippen LogP contribution < -0.4 is 5.73 Å². The van der Waals surface area contributed by atoms with Crippen molar-refractivity contribution in [3.05, 3.63) is 0 Å². The van der Waals surface area contributed by atoms with Crippen molar-refractivity contribution in [3.8, 4) is 0 Å². The van der Waals surface area contributed by atoms with Gasteiger partial charge in [-0.15, -0.1) is 0 Å². The summed E-state index contributed by atoms with van der Waals surface area (Å²) in [5.74, 6) is 0.769. The third-order valence-corrected chi connectivity index (χ3v) is 3.86. The van der Waals surface area contributed by atoms with Gasteiger partial charge in [0.2, 0.25) is 0 Å². The Bertz CT molecular complexity index is 163. The summed E-state index contributed by atoms with van der Waals surface area (Å²) in [5.41, 5.74) is 5.71. The quantitative estimate of drug-likeness (QED) is 0.709. The lowest BCUT2D eigenvalue weighted by atomic mass is 10.1. The first-order valence-electron chi connectivity index (χ1n) is 6.00. The molecule has 0 bridgehead atoms. The molecule has 0 aromatic heterocycles. The van der Waals surface area contributed by atoms with E-state index in [1.807, 2.05) is 0 Å². The number of nitrogens with two attached hydrogens (primary N) is 1. The minimum Gasteiger partial charge on any atom is -0.330 e. The summed E-state index contributed by atoms with van der Waals surface area (Å²) >= 11 is 0. The number of likely N-dealkylation sites (N-methyl/N-ethyl adjacent to an activating group) is 1. The Morgan fingerprint density at radius 1 is 1.21 bits per heavy atom. The summed E-state index contributed by atoms with van der Waals surface area (Å²) in [6.45, 7) is 9.46. The van der Waals surface area contributed by atoms with Crippen molar-refractivity contribution in [2.45, 2.75) is 25.8 Å². The molecule has 2 aliphatic heterocycles. The monoisotopic (exact) mass is 197 g/mol. The van der Waals surface area contributed by atoms with Crippen LogP contribution in [-0.2, 0) is 0 Å². The fourth-order valence-corrected chi connectivity index (χ4v) is 2.78. The Morgan fingerprint density at radius 3 is 2.64 bits per heavy atom. The average Bonchev–Trinajstić information content (AvgIpc) is 2.86. The third kappa shape index (κ3) is 2.10.